The summed E-state index contributed by atoms with van der Waals surface area (Å²) in [6.07, 6.45) is 2.59. The van der Waals surface area contributed by atoms with Gasteiger partial charge in [0, 0.05) is 37.0 Å². The molecular formula is C16H20N4O4S2. The van der Waals surface area contributed by atoms with E-state index in [1.54, 1.807) is 17.5 Å². The van der Waals surface area contributed by atoms with Crippen LogP contribution in [0.15, 0.2) is 40.7 Å². The second-order valence-electron chi connectivity index (χ2n) is 6.02. The summed E-state index contributed by atoms with van der Waals surface area (Å²) in [5.74, 6) is -0.217. The lowest BCUT2D eigenvalue weighted by atomic mass is 9.79. The van der Waals surface area contributed by atoms with Crippen LogP contribution in [0.25, 0.3) is 0 Å². The van der Waals surface area contributed by atoms with E-state index in [0.717, 1.165) is 0 Å². The third-order valence-electron chi connectivity index (χ3n) is 4.38. The number of amides is 1. The summed E-state index contributed by atoms with van der Waals surface area (Å²) in [5, 5.41) is 4.75. The Morgan fingerprint density at radius 1 is 1.35 bits per heavy atom. The third kappa shape index (κ3) is 4.04. The number of hydrogen-bond donors (Lipinski definition) is 3. The summed E-state index contributed by atoms with van der Waals surface area (Å²) >= 11 is 1.18. The fourth-order valence-corrected chi connectivity index (χ4v) is 4.57. The van der Waals surface area contributed by atoms with Crippen molar-refractivity contribution >= 4 is 38.1 Å². The van der Waals surface area contributed by atoms with E-state index in [2.05, 4.69) is 15.0 Å². The Morgan fingerprint density at radius 3 is 2.77 bits per heavy atom. The number of nitrogens with one attached hydrogen (secondary N) is 2. The summed E-state index contributed by atoms with van der Waals surface area (Å²) in [4.78, 5) is 16.7. The molecule has 0 saturated carbocycles. The van der Waals surface area contributed by atoms with Gasteiger partial charge in [-0.1, -0.05) is 6.07 Å². The van der Waals surface area contributed by atoms with Crippen molar-refractivity contribution in [3.63, 3.8) is 0 Å². The number of hydrogen-bond acceptors (Lipinski definition) is 7. The fraction of sp³-hybridized carbons (Fsp3) is 0.375. The van der Waals surface area contributed by atoms with Gasteiger partial charge in [0.2, 0.25) is 5.91 Å². The maximum atomic E-state index is 12.7. The smallest absolute Gasteiger partial charge is 0.263 e. The number of carbonyl (C=O) groups excluding carboxylic acids is 1. The predicted octanol–water partition coefficient (Wildman–Crippen LogP) is 1.64. The van der Waals surface area contributed by atoms with Crippen molar-refractivity contribution in [2.75, 3.05) is 29.8 Å². The molecule has 140 valence electrons. The number of nitrogens with zero attached hydrogens (tertiary/aromatic N) is 1. The van der Waals surface area contributed by atoms with Gasteiger partial charge in [-0.25, -0.2) is 13.4 Å². The molecule has 1 fully saturated rings. The lowest BCUT2D eigenvalue weighted by Crippen LogP contribution is -2.46. The summed E-state index contributed by atoms with van der Waals surface area (Å²) in [6, 6.07) is 6.09. The SMILES string of the molecule is NCC1(C(=O)Nc2cccc(S(=O)(=O)Nc3nccs3)c2)CCOCC1. The average Bonchev–Trinajstić information content (AvgIpc) is 3.14. The molecule has 1 aliphatic rings. The van der Waals surface area contributed by atoms with Crippen LogP contribution < -0.4 is 15.8 Å². The monoisotopic (exact) mass is 396 g/mol. The molecule has 3 rings (SSSR count). The number of nitrogens with two attached hydrogens (primary N) is 1. The van der Waals surface area contributed by atoms with Gasteiger partial charge in [0.1, 0.15) is 0 Å². The molecule has 1 aromatic heterocycles. The van der Waals surface area contributed by atoms with Gasteiger partial charge in [-0.15, -0.1) is 11.3 Å². The first-order chi connectivity index (χ1) is 12.5. The molecule has 1 aliphatic heterocycles. The van der Waals surface area contributed by atoms with E-state index in [9.17, 15) is 13.2 Å². The standard InChI is InChI=1S/C16H20N4O4S2/c17-11-16(4-7-24-8-5-16)14(21)19-12-2-1-3-13(10-12)26(22,23)20-15-18-6-9-25-15/h1-3,6,9-10H,4-5,7-8,11,17H2,(H,18,20)(H,19,21). The fourth-order valence-electron chi connectivity index (χ4n) is 2.74. The average molecular weight is 396 g/mol. The molecule has 1 saturated heterocycles. The van der Waals surface area contributed by atoms with Crippen molar-refractivity contribution in [2.45, 2.75) is 17.7 Å². The minimum absolute atomic E-state index is 0.0410. The highest BCUT2D eigenvalue weighted by atomic mass is 32.2. The molecular weight excluding hydrogens is 376 g/mol. The topological polar surface area (TPSA) is 123 Å². The summed E-state index contributed by atoms with van der Waals surface area (Å²) in [7, 11) is -3.79. The number of anilines is 2. The second kappa shape index (κ2) is 7.70. The molecule has 10 heteroatoms. The molecule has 0 unspecified atom stereocenters. The van der Waals surface area contributed by atoms with Crippen LogP contribution in [0.2, 0.25) is 0 Å². The molecule has 8 nitrogen and oxygen atoms in total. The van der Waals surface area contributed by atoms with Gasteiger partial charge >= 0.3 is 0 Å². The van der Waals surface area contributed by atoms with Crippen LogP contribution in [-0.2, 0) is 19.6 Å². The van der Waals surface area contributed by atoms with E-state index >= 15 is 0 Å². The summed E-state index contributed by atoms with van der Waals surface area (Å²) < 4.78 is 32.6. The van der Waals surface area contributed by atoms with Crippen molar-refractivity contribution in [3.8, 4) is 0 Å². The van der Waals surface area contributed by atoms with Gasteiger partial charge < -0.3 is 15.8 Å². The Morgan fingerprint density at radius 2 is 2.12 bits per heavy atom. The number of rotatable bonds is 6. The Balaban J connectivity index is 1.78. The Kier molecular flexibility index (Phi) is 5.56. The largest absolute Gasteiger partial charge is 0.381 e. The Hall–Kier alpha value is -2.01. The highest BCUT2D eigenvalue weighted by Gasteiger charge is 2.38. The minimum atomic E-state index is -3.79. The number of benzene rings is 1. The lowest BCUT2D eigenvalue weighted by Gasteiger charge is -2.34. The zero-order valence-corrected chi connectivity index (χ0v) is 15.6. The third-order valence-corrected chi connectivity index (χ3v) is 6.53. The van der Waals surface area contributed by atoms with Crippen molar-refractivity contribution in [3.05, 3.63) is 35.8 Å². The summed E-state index contributed by atoms with van der Waals surface area (Å²) in [6.45, 7) is 1.18. The van der Waals surface area contributed by atoms with E-state index < -0.39 is 15.4 Å². The van der Waals surface area contributed by atoms with Gasteiger partial charge in [-0.3, -0.25) is 9.52 Å². The summed E-state index contributed by atoms with van der Waals surface area (Å²) in [5.41, 5.74) is 5.55. The second-order valence-corrected chi connectivity index (χ2v) is 8.60. The molecule has 0 radical (unpaired) electrons. The first-order valence-electron chi connectivity index (χ1n) is 8.07. The van der Waals surface area contributed by atoms with Gasteiger partial charge in [0.05, 0.1) is 10.3 Å². The highest BCUT2D eigenvalue weighted by Crippen LogP contribution is 2.31. The number of thiazole rings is 1. The lowest BCUT2D eigenvalue weighted by molar-refractivity contribution is -0.130. The molecule has 1 aromatic carbocycles. The molecule has 0 atom stereocenters. The van der Waals surface area contributed by atoms with Crippen LogP contribution in [0.5, 0.6) is 0 Å². The predicted molar refractivity (Wildman–Crippen MR) is 99.5 cm³/mol. The first-order valence-corrected chi connectivity index (χ1v) is 10.4. The van der Waals surface area contributed by atoms with Crippen molar-refractivity contribution in [1.82, 2.24) is 4.98 Å². The highest BCUT2D eigenvalue weighted by molar-refractivity contribution is 7.93. The van der Waals surface area contributed by atoms with Crippen molar-refractivity contribution in [1.29, 1.82) is 0 Å². The van der Waals surface area contributed by atoms with E-state index in [1.165, 1.54) is 29.7 Å². The van der Waals surface area contributed by atoms with Crippen LogP contribution in [-0.4, -0.2) is 39.1 Å². The normalized spacial score (nSPS) is 16.8. The Labute approximate surface area is 155 Å². The number of aromatic nitrogens is 1. The van der Waals surface area contributed by atoms with Gasteiger partial charge in [-0.05, 0) is 31.0 Å². The zero-order chi connectivity index (χ0) is 18.6. The molecule has 4 N–H and O–H groups in total. The molecule has 2 aromatic rings. The van der Waals surface area contributed by atoms with Crippen LogP contribution in [0.1, 0.15) is 12.8 Å². The van der Waals surface area contributed by atoms with Crippen LogP contribution >= 0.6 is 11.3 Å². The van der Waals surface area contributed by atoms with Gasteiger partial charge in [0.15, 0.2) is 5.13 Å². The number of sulfonamides is 1. The van der Waals surface area contributed by atoms with Crippen LogP contribution in [0.4, 0.5) is 10.8 Å². The van der Waals surface area contributed by atoms with Crippen LogP contribution in [0, 0.1) is 5.41 Å². The molecule has 1 amide bonds. The van der Waals surface area contributed by atoms with E-state index in [1.807, 2.05) is 0 Å². The van der Waals surface area contributed by atoms with E-state index in [-0.39, 0.29) is 22.5 Å². The molecule has 0 aliphatic carbocycles. The van der Waals surface area contributed by atoms with E-state index in [0.29, 0.717) is 31.7 Å². The zero-order valence-electron chi connectivity index (χ0n) is 14.0. The maximum Gasteiger partial charge on any atom is 0.263 e. The molecule has 26 heavy (non-hydrogen) atoms. The van der Waals surface area contributed by atoms with Crippen LogP contribution in [0.3, 0.4) is 0 Å². The quantitative estimate of drug-likeness (QED) is 0.682. The molecule has 2 heterocycles. The first kappa shape index (κ1) is 18.8. The van der Waals surface area contributed by atoms with Crippen molar-refractivity contribution in [2.24, 2.45) is 11.1 Å². The maximum absolute atomic E-state index is 12.7. The molecule has 0 spiro atoms. The van der Waals surface area contributed by atoms with E-state index in [4.69, 9.17) is 10.5 Å². The molecule has 0 bridgehead atoms. The Bertz CT molecular complexity index is 862. The number of carbonyl (C=O) groups is 1. The minimum Gasteiger partial charge on any atom is -0.381 e. The number of ether oxygens (including phenoxy) is 1. The van der Waals surface area contributed by atoms with Gasteiger partial charge in [-0.2, -0.15) is 0 Å². The van der Waals surface area contributed by atoms with Gasteiger partial charge in [0.25, 0.3) is 10.0 Å². The van der Waals surface area contributed by atoms with Crippen molar-refractivity contribution < 1.29 is 17.9 Å².